The molecule has 17 heavy (non-hydrogen) atoms. The van der Waals surface area contributed by atoms with Crippen LogP contribution in [0.1, 0.15) is 22.3 Å². The molecule has 0 aliphatic heterocycles. The number of fused-ring (bicyclic) bond motifs is 3. The van der Waals surface area contributed by atoms with E-state index in [1.165, 1.54) is 0 Å². The van der Waals surface area contributed by atoms with Gasteiger partial charge in [-0.1, -0.05) is 24.3 Å². The fraction of sp³-hybridized carbons (Fsp3) is 0.0667. The molecule has 0 saturated heterocycles. The van der Waals surface area contributed by atoms with Gasteiger partial charge in [0.1, 0.15) is 0 Å². The van der Waals surface area contributed by atoms with Crippen molar-refractivity contribution in [3.63, 3.8) is 0 Å². The quantitative estimate of drug-likeness (QED) is 0.580. The molecule has 1 aliphatic carbocycles. The summed E-state index contributed by atoms with van der Waals surface area (Å²) in [7, 11) is 0. The molecule has 0 heterocycles. The van der Waals surface area contributed by atoms with Crippen LogP contribution < -0.4 is 0 Å². The normalized spacial score (nSPS) is 11.2. The average molecular weight is 216 g/mol. The number of benzene rings is 2. The zero-order valence-electron chi connectivity index (χ0n) is 9.07. The summed E-state index contributed by atoms with van der Waals surface area (Å²) in [5.41, 5.74) is 5.63. The maximum Gasteiger partial charge on any atom is 0.0998 e. The molecule has 0 spiro atoms. The Morgan fingerprint density at radius 1 is 0.882 bits per heavy atom. The minimum atomic E-state index is 0.691. The second-order valence-corrected chi connectivity index (χ2v) is 4.07. The van der Waals surface area contributed by atoms with Crippen molar-refractivity contribution >= 4 is 0 Å². The Morgan fingerprint density at radius 2 is 1.59 bits per heavy atom. The second-order valence-electron chi connectivity index (χ2n) is 4.07. The molecule has 0 aromatic heterocycles. The molecule has 0 bridgehead atoms. The highest BCUT2D eigenvalue weighted by molar-refractivity contribution is 5.83. The Morgan fingerprint density at radius 3 is 2.35 bits per heavy atom. The number of rotatable bonds is 0. The summed E-state index contributed by atoms with van der Waals surface area (Å²) in [4.78, 5) is 0. The molecule has 2 nitrogen and oxygen atoms in total. The van der Waals surface area contributed by atoms with Gasteiger partial charge in [0.2, 0.25) is 0 Å². The lowest BCUT2D eigenvalue weighted by Crippen LogP contribution is -1.86. The fourth-order valence-electron chi connectivity index (χ4n) is 2.47. The smallest absolute Gasteiger partial charge is 0.0998 e. The third kappa shape index (κ3) is 1.25. The molecule has 0 radical (unpaired) electrons. The topological polar surface area (TPSA) is 47.6 Å². The first kappa shape index (κ1) is 9.63. The van der Waals surface area contributed by atoms with Crippen LogP contribution in [0.2, 0.25) is 0 Å². The predicted octanol–water partition coefficient (Wildman–Crippen LogP) is 3.00. The van der Waals surface area contributed by atoms with Gasteiger partial charge in [0, 0.05) is 12.0 Å². The van der Waals surface area contributed by atoms with Crippen LogP contribution in [0, 0.1) is 22.7 Å². The van der Waals surface area contributed by atoms with E-state index in [1.807, 2.05) is 36.4 Å². The highest BCUT2D eigenvalue weighted by Gasteiger charge is 2.23. The van der Waals surface area contributed by atoms with Gasteiger partial charge in [-0.25, -0.2) is 0 Å². The van der Waals surface area contributed by atoms with Crippen molar-refractivity contribution in [2.75, 3.05) is 0 Å². The van der Waals surface area contributed by atoms with Crippen molar-refractivity contribution in [1.29, 1.82) is 10.5 Å². The molecule has 0 amide bonds. The Hall–Kier alpha value is -2.58. The van der Waals surface area contributed by atoms with Crippen molar-refractivity contribution in [3.8, 4) is 23.3 Å². The fourth-order valence-corrected chi connectivity index (χ4v) is 2.47. The molecule has 0 saturated carbocycles. The Bertz CT molecular complexity index is 700. The van der Waals surface area contributed by atoms with Gasteiger partial charge in [0.25, 0.3) is 0 Å². The van der Waals surface area contributed by atoms with Gasteiger partial charge in [-0.15, -0.1) is 0 Å². The first-order valence-electron chi connectivity index (χ1n) is 5.39. The molecule has 2 aromatic rings. The lowest BCUT2D eigenvalue weighted by molar-refractivity contribution is 1.24. The zero-order valence-corrected chi connectivity index (χ0v) is 9.07. The number of nitrogens with zero attached hydrogens (tertiary/aromatic N) is 2. The Labute approximate surface area is 99.4 Å². The Kier molecular flexibility index (Phi) is 1.97. The van der Waals surface area contributed by atoms with Gasteiger partial charge in [0.15, 0.2) is 0 Å². The third-order valence-electron chi connectivity index (χ3n) is 3.20. The minimum Gasteiger partial charge on any atom is -0.192 e. The van der Waals surface area contributed by atoms with Crippen LogP contribution in [-0.4, -0.2) is 0 Å². The van der Waals surface area contributed by atoms with Gasteiger partial charge in [-0.2, -0.15) is 10.5 Å². The maximum atomic E-state index is 9.14. The van der Waals surface area contributed by atoms with E-state index in [0.29, 0.717) is 11.1 Å². The summed E-state index contributed by atoms with van der Waals surface area (Å²) < 4.78 is 0. The number of hydrogen-bond donors (Lipinski definition) is 0. The third-order valence-corrected chi connectivity index (χ3v) is 3.20. The van der Waals surface area contributed by atoms with Gasteiger partial charge in [-0.05, 0) is 28.8 Å². The monoisotopic (exact) mass is 216 g/mol. The van der Waals surface area contributed by atoms with E-state index >= 15 is 0 Å². The van der Waals surface area contributed by atoms with Crippen molar-refractivity contribution in [2.24, 2.45) is 0 Å². The molecule has 0 fully saturated rings. The first-order chi connectivity index (χ1) is 8.35. The van der Waals surface area contributed by atoms with Gasteiger partial charge >= 0.3 is 0 Å². The summed E-state index contributed by atoms with van der Waals surface area (Å²) in [6.07, 6.45) is 0.754. The molecule has 0 unspecified atom stereocenters. The summed E-state index contributed by atoms with van der Waals surface area (Å²) >= 11 is 0. The number of hydrogen-bond acceptors (Lipinski definition) is 2. The van der Waals surface area contributed by atoms with Crippen LogP contribution in [0.5, 0.6) is 0 Å². The van der Waals surface area contributed by atoms with Crippen molar-refractivity contribution in [2.45, 2.75) is 6.42 Å². The summed E-state index contributed by atoms with van der Waals surface area (Å²) in [6, 6.07) is 15.9. The molecular weight excluding hydrogens is 208 g/mol. The van der Waals surface area contributed by atoms with Crippen LogP contribution in [0.3, 0.4) is 0 Å². The lowest BCUT2D eigenvalue weighted by Gasteiger charge is -2.03. The lowest BCUT2D eigenvalue weighted by atomic mass is 9.99. The van der Waals surface area contributed by atoms with Crippen LogP contribution in [0.4, 0.5) is 0 Å². The molecule has 2 heteroatoms. The molecule has 1 aliphatic rings. The number of nitriles is 2. The standard InChI is InChI=1S/C15H8N2/c16-8-11-4-2-6-13-14(11)7-10-3-1-5-12(9-17)15(10)13/h1-6H,7H2. The van der Waals surface area contributed by atoms with Crippen LogP contribution in [0.15, 0.2) is 36.4 Å². The first-order valence-corrected chi connectivity index (χ1v) is 5.39. The SMILES string of the molecule is N#Cc1cccc2c1Cc1cccc(C#N)c1-2. The van der Waals surface area contributed by atoms with Crippen LogP contribution in [0.25, 0.3) is 11.1 Å². The summed E-state index contributed by atoms with van der Waals surface area (Å²) in [5.74, 6) is 0. The molecular formula is C15H8N2. The van der Waals surface area contributed by atoms with E-state index in [0.717, 1.165) is 28.7 Å². The Balaban J connectivity index is 2.36. The molecule has 78 valence electrons. The van der Waals surface area contributed by atoms with Crippen molar-refractivity contribution < 1.29 is 0 Å². The molecule has 3 rings (SSSR count). The van der Waals surface area contributed by atoms with E-state index in [4.69, 9.17) is 10.5 Å². The summed E-state index contributed by atoms with van der Waals surface area (Å²) in [5, 5.41) is 18.2. The predicted molar refractivity (Wildman–Crippen MR) is 64.1 cm³/mol. The van der Waals surface area contributed by atoms with Crippen LogP contribution >= 0.6 is 0 Å². The zero-order chi connectivity index (χ0) is 11.8. The molecule has 0 atom stereocenters. The average Bonchev–Trinajstić information content (AvgIpc) is 2.76. The minimum absolute atomic E-state index is 0.691. The van der Waals surface area contributed by atoms with Crippen molar-refractivity contribution in [1.82, 2.24) is 0 Å². The summed E-state index contributed by atoms with van der Waals surface area (Å²) in [6.45, 7) is 0. The second kappa shape index (κ2) is 3.47. The molecule has 2 aromatic carbocycles. The van der Waals surface area contributed by atoms with Gasteiger partial charge < -0.3 is 0 Å². The highest BCUT2D eigenvalue weighted by atomic mass is 14.3. The molecule has 0 N–H and O–H groups in total. The van der Waals surface area contributed by atoms with Gasteiger partial charge in [0.05, 0.1) is 23.3 Å². The van der Waals surface area contributed by atoms with Gasteiger partial charge in [-0.3, -0.25) is 0 Å². The van der Waals surface area contributed by atoms with E-state index in [-0.39, 0.29) is 0 Å². The van der Waals surface area contributed by atoms with E-state index in [9.17, 15) is 0 Å². The van der Waals surface area contributed by atoms with E-state index in [1.54, 1.807) is 0 Å². The highest BCUT2D eigenvalue weighted by Crippen LogP contribution is 2.39. The van der Waals surface area contributed by atoms with Crippen molar-refractivity contribution in [3.05, 3.63) is 58.7 Å². The van der Waals surface area contributed by atoms with Crippen LogP contribution in [-0.2, 0) is 6.42 Å². The largest absolute Gasteiger partial charge is 0.192 e. The maximum absolute atomic E-state index is 9.14. The van der Waals surface area contributed by atoms with E-state index < -0.39 is 0 Å². The van der Waals surface area contributed by atoms with E-state index in [2.05, 4.69) is 12.1 Å².